The van der Waals surface area contributed by atoms with Crippen LogP contribution in [-0.4, -0.2) is 23.0 Å². The number of hydrogen-bond donors (Lipinski definition) is 1. The van der Waals surface area contributed by atoms with Gasteiger partial charge in [-0.25, -0.2) is 4.98 Å². The zero-order valence-electron chi connectivity index (χ0n) is 8.08. The molecule has 78 valence electrons. The Bertz CT molecular complexity index is 507. The summed E-state index contributed by atoms with van der Waals surface area (Å²) >= 11 is 6.02. The Labute approximate surface area is 91.2 Å². The molecule has 0 aliphatic heterocycles. The van der Waals surface area contributed by atoms with Gasteiger partial charge < -0.3 is 9.72 Å². The molecule has 2 aromatic rings. The van der Waals surface area contributed by atoms with E-state index in [2.05, 4.69) is 14.7 Å². The summed E-state index contributed by atoms with van der Waals surface area (Å²) in [5.41, 5.74) is 1.48. The van der Waals surface area contributed by atoms with E-state index < -0.39 is 0 Å². The molecule has 0 radical (unpaired) electrons. The Morgan fingerprint density at radius 1 is 1.67 bits per heavy atom. The topological polar surface area (TPSA) is 55.0 Å². The Morgan fingerprint density at radius 3 is 3.20 bits per heavy atom. The molecule has 0 saturated heterocycles. The van der Waals surface area contributed by atoms with Gasteiger partial charge in [-0.1, -0.05) is 11.6 Å². The molecule has 0 atom stereocenters. The van der Waals surface area contributed by atoms with E-state index in [4.69, 9.17) is 11.6 Å². The fraction of sp³-hybridized carbons (Fsp3) is 0.200. The third-order valence-corrected chi connectivity index (χ3v) is 2.48. The van der Waals surface area contributed by atoms with Gasteiger partial charge in [-0.3, -0.25) is 4.79 Å². The maximum absolute atomic E-state index is 11.1. The number of halogens is 1. The van der Waals surface area contributed by atoms with Crippen molar-refractivity contribution in [3.63, 3.8) is 0 Å². The van der Waals surface area contributed by atoms with E-state index in [1.54, 1.807) is 18.5 Å². The van der Waals surface area contributed by atoms with E-state index in [9.17, 15) is 4.79 Å². The van der Waals surface area contributed by atoms with Crippen molar-refractivity contribution in [1.29, 1.82) is 0 Å². The van der Waals surface area contributed by atoms with Gasteiger partial charge in [0, 0.05) is 17.8 Å². The largest absolute Gasteiger partial charge is 0.469 e. The van der Waals surface area contributed by atoms with Crippen molar-refractivity contribution >= 4 is 28.6 Å². The summed E-state index contributed by atoms with van der Waals surface area (Å²) in [5, 5.41) is 1.37. The van der Waals surface area contributed by atoms with E-state index in [1.165, 1.54) is 7.11 Å². The van der Waals surface area contributed by atoms with Crippen LogP contribution in [0.3, 0.4) is 0 Å². The predicted octanol–water partition coefficient (Wildman–Crippen LogP) is 1.93. The summed E-state index contributed by atoms with van der Waals surface area (Å²) in [6.07, 6.45) is 3.53. The fourth-order valence-electron chi connectivity index (χ4n) is 1.45. The molecule has 0 bridgehead atoms. The zero-order valence-corrected chi connectivity index (χ0v) is 8.84. The molecule has 1 N–H and O–H groups in total. The van der Waals surface area contributed by atoms with E-state index in [1.807, 2.05) is 0 Å². The van der Waals surface area contributed by atoms with Crippen molar-refractivity contribution < 1.29 is 9.53 Å². The second kappa shape index (κ2) is 3.90. The van der Waals surface area contributed by atoms with Crippen molar-refractivity contribution in [3.05, 3.63) is 29.0 Å². The minimum absolute atomic E-state index is 0.196. The summed E-state index contributed by atoms with van der Waals surface area (Å²) in [4.78, 5) is 18.2. The maximum atomic E-state index is 11.1. The first-order valence-corrected chi connectivity index (χ1v) is 4.77. The van der Waals surface area contributed by atoms with Crippen LogP contribution in [0.4, 0.5) is 0 Å². The number of ether oxygens (including phenoxy) is 1. The summed E-state index contributed by atoms with van der Waals surface area (Å²) in [5.74, 6) is -0.296. The van der Waals surface area contributed by atoms with Crippen LogP contribution in [0.15, 0.2) is 18.5 Å². The molecule has 0 aliphatic carbocycles. The minimum atomic E-state index is -0.296. The van der Waals surface area contributed by atoms with Crippen LogP contribution in [0.1, 0.15) is 5.56 Å². The van der Waals surface area contributed by atoms with Crippen molar-refractivity contribution in [2.24, 2.45) is 0 Å². The van der Waals surface area contributed by atoms with Crippen LogP contribution < -0.4 is 0 Å². The number of carbonyl (C=O) groups excluding carboxylic acids is 1. The number of methoxy groups -OCH3 is 1. The molecule has 0 spiro atoms. The van der Waals surface area contributed by atoms with Crippen molar-refractivity contribution in [1.82, 2.24) is 9.97 Å². The average molecular weight is 225 g/mol. The number of aromatic amines is 1. The number of nitrogens with zero attached hydrogens (tertiary/aromatic N) is 1. The minimum Gasteiger partial charge on any atom is -0.469 e. The predicted molar refractivity (Wildman–Crippen MR) is 56.8 cm³/mol. The smallest absolute Gasteiger partial charge is 0.310 e. The summed E-state index contributed by atoms with van der Waals surface area (Å²) in [6.45, 7) is 0. The Morgan fingerprint density at radius 2 is 2.47 bits per heavy atom. The molecule has 4 nitrogen and oxygen atoms in total. The highest BCUT2D eigenvalue weighted by Gasteiger charge is 2.11. The summed E-state index contributed by atoms with van der Waals surface area (Å²) in [7, 11) is 1.36. The molecule has 0 saturated carbocycles. The maximum Gasteiger partial charge on any atom is 0.310 e. The summed E-state index contributed by atoms with van der Waals surface area (Å²) in [6, 6.07) is 1.69. The van der Waals surface area contributed by atoms with Crippen LogP contribution in [-0.2, 0) is 16.0 Å². The molecule has 0 fully saturated rings. The molecule has 2 rings (SSSR count). The van der Waals surface area contributed by atoms with Crippen LogP contribution in [0, 0.1) is 0 Å². The first-order chi connectivity index (χ1) is 7.22. The highest BCUT2D eigenvalue weighted by Crippen LogP contribution is 2.25. The first-order valence-electron chi connectivity index (χ1n) is 4.39. The van der Waals surface area contributed by atoms with E-state index in [0.717, 1.165) is 10.9 Å². The second-order valence-electron chi connectivity index (χ2n) is 3.08. The van der Waals surface area contributed by atoms with Gasteiger partial charge in [0.05, 0.1) is 18.6 Å². The van der Waals surface area contributed by atoms with Gasteiger partial charge in [-0.15, -0.1) is 0 Å². The van der Waals surface area contributed by atoms with Crippen molar-refractivity contribution in [2.45, 2.75) is 6.42 Å². The van der Waals surface area contributed by atoms with E-state index in [-0.39, 0.29) is 12.4 Å². The lowest BCUT2D eigenvalue weighted by Gasteiger charge is -1.98. The molecule has 15 heavy (non-hydrogen) atoms. The first kappa shape index (κ1) is 9.98. The van der Waals surface area contributed by atoms with Gasteiger partial charge in [-0.05, 0) is 11.6 Å². The average Bonchev–Trinajstić information content (AvgIpc) is 2.63. The number of H-pyrrole nitrogens is 1. The molecule has 0 aromatic carbocycles. The lowest BCUT2D eigenvalue weighted by atomic mass is 10.1. The zero-order chi connectivity index (χ0) is 10.8. The van der Waals surface area contributed by atoms with Gasteiger partial charge >= 0.3 is 5.97 Å². The molecular formula is C10H9ClN2O2. The number of fused-ring (bicyclic) bond motifs is 1. The molecule has 0 unspecified atom stereocenters. The quantitative estimate of drug-likeness (QED) is 0.793. The van der Waals surface area contributed by atoms with Crippen molar-refractivity contribution in [3.8, 4) is 0 Å². The molecule has 5 heteroatoms. The second-order valence-corrected chi connectivity index (χ2v) is 3.49. The van der Waals surface area contributed by atoms with E-state index in [0.29, 0.717) is 10.7 Å². The summed E-state index contributed by atoms with van der Waals surface area (Å²) < 4.78 is 4.60. The van der Waals surface area contributed by atoms with Crippen LogP contribution >= 0.6 is 11.6 Å². The van der Waals surface area contributed by atoms with E-state index >= 15 is 0 Å². The number of rotatable bonds is 2. The van der Waals surface area contributed by atoms with Gasteiger partial charge in [0.2, 0.25) is 0 Å². The van der Waals surface area contributed by atoms with Gasteiger partial charge in [0.15, 0.2) is 0 Å². The van der Waals surface area contributed by atoms with Gasteiger partial charge in [-0.2, -0.15) is 0 Å². The lowest BCUT2D eigenvalue weighted by molar-refractivity contribution is -0.139. The molecule has 0 aliphatic rings. The molecule has 2 aromatic heterocycles. The van der Waals surface area contributed by atoms with Crippen LogP contribution in [0.2, 0.25) is 5.02 Å². The molecule has 0 amide bonds. The number of nitrogens with one attached hydrogen (secondary N) is 1. The standard InChI is InChI=1S/C10H9ClN2O2/c1-15-8(14)4-6-5-13-10-9(6)7(11)2-3-12-10/h2-3,5H,4H2,1H3,(H,12,13). The monoisotopic (exact) mass is 224 g/mol. The molecular weight excluding hydrogens is 216 g/mol. The van der Waals surface area contributed by atoms with Gasteiger partial charge in [0.1, 0.15) is 5.65 Å². The number of esters is 1. The third-order valence-electron chi connectivity index (χ3n) is 2.17. The fourth-order valence-corrected chi connectivity index (χ4v) is 1.72. The lowest BCUT2D eigenvalue weighted by Crippen LogP contribution is -2.03. The number of aromatic nitrogens is 2. The SMILES string of the molecule is COC(=O)Cc1c[nH]c2nccc(Cl)c12. The van der Waals surface area contributed by atoms with Gasteiger partial charge in [0.25, 0.3) is 0 Å². The van der Waals surface area contributed by atoms with Crippen LogP contribution in [0.5, 0.6) is 0 Å². The number of carbonyl (C=O) groups is 1. The Balaban J connectivity index is 2.48. The highest BCUT2D eigenvalue weighted by molar-refractivity contribution is 6.35. The number of pyridine rings is 1. The number of hydrogen-bond acceptors (Lipinski definition) is 3. The third kappa shape index (κ3) is 1.80. The Hall–Kier alpha value is -1.55. The Kier molecular flexibility index (Phi) is 2.60. The van der Waals surface area contributed by atoms with Crippen molar-refractivity contribution in [2.75, 3.05) is 7.11 Å². The highest BCUT2D eigenvalue weighted by atomic mass is 35.5. The van der Waals surface area contributed by atoms with Crippen LogP contribution in [0.25, 0.3) is 11.0 Å². The molecule has 2 heterocycles. The normalized spacial score (nSPS) is 10.5.